The highest BCUT2D eigenvalue weighted by atomic mass is 79.9. The van der Waals surface area contributed by atoms with Crippen molar-refractivity contribution in [2.45, 2.75) is 31.1 Å². The van der Waals surface area contributed by atoms with Crippen LogP contribution in [-0.4, -0.2) is 27.7 Å². The van der Waals surface area contributed by atoms with Gasteiger partial charge in [0.1, 0.15) is 0 Å². The van der Waals surface area contributed by atoms with Gasteiger partial charge in [0.25, 0.3) is 0 Å². The molecule has 0 N–H and O–H groups in total. The van der Waals surface area contributed by atoms with E-state index < -0.39 is 0 Å². The Bertz CT molecular complexity index is 342. The van der Waals surface area contributed by atoms with E-state index >= 15 is 0 Å². The molecule has 2 unspecified atom stereocenters. The van der Waals surface area contributed by atoms with Gasteiger partial charge >= 0.3 is 0 Å². The van der Waals surface area contributed by atoms with E-state index in [2.05, 4.69) is 20.9 Å². The molecule has 0 bridgehead atoms. The third-order valence-corrected chi connectivity index (χ3v) is 3.78. The Morgan fingerprint density at radius 2 is 2.06 bits per heavy atom. The van der Waals surface area contributed by atoms with Gasteiger partial charge in [-0.25, -0.2) is 0 Å². The molecule has 1 heterocycles. The van der Waals surface area contributed by atoms with Crippen LogP contribution in [0.15, 0.2) is 24.5 Å². The second-order valence-corrected chi connectivity index (χ2v) is 4.89. The van der Waals surface area contributed by atoms with E-state index in [1.807, 2.05) is 33.0 Å². The number of hydrogen-bond acceptors (Lipinski definition) is 2. The predicted molar refractivity (Wildman–Crippen MR) is 68.4 cm³/mol. The zero-order valence-electron chi connectivity index (χ0n) is 9.85. The second kappa shape index (κ2) is 5.99. The fourth-order valence-electron chi connectivity index (χ4n) is 1.45. The minimum Gasteiger partial charge on any atom is -0.338 e. The molecular weight excluding hydrogens is 268 g/mol. The molecule has 0 spiro atoms. The quantitative estimate of drug-likeness (QED) is 0.797. The van der Waals surface area contributed by atoms with Crippen LogP contribution in [0.1, 0.15) is 31.9 Å². The molecule has 1 rings (SSSR count). The van der Waals surface area contributed by atoms with Crippen LogP contribution in [0.25, 0.3) is 0 Å². The monoisotopic (exact) mass is 284 g/mol. The summed E-state index contributed by atoms with van der Waals surface area (Å²) < 4.78 is 0. The lowest BCUT2D eigenvalue weighted by Crippen LogP contribution is -2.35. The number of carbonyl (C=O) groups is 1. The van der Waals surface area contributed by atoms with Crippen molar-refractivity contribution >= 4 is 21.8 Å². The van der Waals surface area contributed by atoms with Gasteiger partial charge in [-0.3, -0.25) is 9.78 Å². The summed E-state index contributed by atoms with van der Waals surface area (Å²) in [5.74, 6) is 0.117. The summed E-state index contributed by atoms with van der Waals surface area (Å²) in [6, 6.07) is 3.94. The molecule has 0 aliphatic carbocycles. The molecule has 0 aromatic carbocycles. The first kappa shape index (κ1) is 13.2. The molecule has 0 fully saturated rings. The third-order valence-electron chi connectivity index (χ3n) is 2.74. The maximum atomic E-state index is 12.0. The summed E-state index contributed by atoms with van der Waals surface area (Å²) in [5, 5.41) is 0. The van der Waals surface area contributed by atoms with Crippen molar-refractivity contribution in [3.63, 3.8) is 0 Å². The van der Waals surface area contributed by atoms with Gasteiger partial charge in [0.05, 0.1) is 10.9 Å². The predicted octanol–water partition coefficient (Wildman–Crippen LogP) is 2.77. The first-order valence-electron chi connectivity index (χ1n) is 5.38. The third kappa shape index (κ3) is 3.04. The first-order valence-corrected chi connectivity index (χ1v) is 6.30. The second-order valence-electron chi connectivity index (χ2n) is 3.78. The molecule has 0 saturated heterocycles. The highest BCUT2D eigenvalue weighted by molar-refractivity contribution is 9.10. The molecule has 16 heavy (non-hydrogen) atoms. The molecule has 88 valence electrons. The zero-order chi connectivity index (χ0) is 12.1. The normalized spacial score (nSPS) is 14.2. The van der Waals surface area contributed by atoms with E-state index in [1.165, 1.54) is 0 Å². The van der Waals surface area contributed by atoms with Crippen LogP contribution in [-0.2, 0) is 4.79 Å². The van der Waals surface area contributed by atoms with Gasteiger partial charge in [-0.2, -0.15) is 0 Å². The van der Waals surface area contributed by atoms with Crippen molar-refractivity contribution in [2.75, 3.05) is 7.05 Å². The molecule has 1 aromatic heterocycles. The van der Waals surface area contributed by atoms with E-state index in [0.29, 0.717) is 0 Å². The maximum absolute atomic E-state index is 12.0. The number of hydrogen-bond donors (Lipinski definition) is 0. The average molecular weight is 285 g/mol. The topological polar surface area (TPSA) is 33.2 Å². The minimum absolute atomic E-state index is 0.0714. The van der Waals surface area contributed by atoms with Crippen LogP contribution in [0, 0.1) is 0 Å². The maximum Gasteiger partial charge on any atom is 0.236 e. The molecule has 2 atom stereocenters. The van der Waals surface area contributed by atoms with Crippen molar-refractivity contribution in [1.29, 1.82) is 0 Å². The Balaban J connectivity index is 2.75. The standard InChI is InChI=1S/C12H17BrN2O/c1-4-11(13)12(16)15(3)9(2)10-5-7-14-8-6-10/h5-9,11H,4H2,1-3H3. The Kier molecular flexibility index (Phi) is 4.93. The number of rotatable bonds is 4. The molecule has 1 aromatic rings. The summed E-state index contributed by atoms with van der Waals surface area (Å²) in [4.78, 5) is 17.6. The lowest BCUT2D eigenvalue weighted by Gasteiger charge is -2.27. The van der Waals surface area contributed by atoms with Gasteiger partial charge in [0.2, 0.25) is 5.91 Å². The van der Waals surface area contributed by atoms with Crippen LogP contribution in [0.3, 0.4) is 0 Å². The average Bonchev–Trinajstić information content (AvgIpc) is 2.36. The van der Waals surface area contributed by atoms with Gasteiger partial charge in [-0.05, 0) is 31.0 Å². The fourth-order valence-corrected chi connectivity index (χ4v) is 1.77. The molecular formula is C12H17BrN2O. The molecule has 0 radical (unpaired) electrons. The smallest absolute Gasteiger partial charge is 0.236 e. The number of amides is 1. The van der Waals surface area contributed by atoms with E-state index in [9.17, 15) is 4.79 Å². The number of aromatic nitrogens is 1. The van der Waals surface area contributed by atoms with Gasteiger partial charge in [0.15, 0.2) is 0 Å². The largest absolute Gasteiger partial charge is 0.338 e. The Morgan fingerprint density at radius 3 is 2.56 bits per heavy atom. The molecule has 0 aliphatic rings. The number of pyridine rings is 1. The Hall–Kier alpha value is -0.900. The number of carbonyl (C=O) groups excluding carboxylic acids is 1. The lowest BCUT2D eigenvalue weighted by atomic mass is 10.1. The highest BCUT2D eigenvalue weighted by Gasteiger charge is 2.22. The van der Waals surface area contributed by atoms with Crippen molar-refractivity contribution < 1.29 is 4.79 Å². The van der Waals surface area contributed by atoms with Crippen LogP contribution < -0.4 is 0 Å². The summed E-state index contributed by atoms with van der Waals surface area (Å²) in [7, 11) is 1.83. The summed E-state index contributed by atoms with van der Waals surface area (Å²) in [5.41, 5.74) is 1.10. The van der Waals surface area contributed by atoms with Crippen LogP contribution in [0.5, 0.6) is 0 Å². The van der Waals surface area contributed by atoms with Crippen LogP contribution in [0.4, 0.5) is 0 Å². The molecule has 4 heteroatoms. The summed E-state index contributed by atoms with van der Waals surface area (Å²) in [6.07, 6.45) is 4.29. The van der Waals surface area contributed by atoms with Crippen molar-refractivity contribution in [2.24, 2.45) is 0 Å². The summed E-state index contributed by atoms with van der Waals surface area (Å²) >= 11 is 3.38. The molecule has 0 saturated carbocycles. The molecule has 1 amide bonds. The Morgan fingerprint density at radius 1 is 1.50 bits per heavy atom. The van der Waals surface area contributed by atoms with E-state index in [1.54, 1.807) is 17.3 Å². The van der Waals surface area contributed by atoms with Gasteiger partial charge < -0.3 is 4.90 Å². The van der Waals surface area contributed by atoms with Gasteiger partial charge in [-0.1, -0.05) is 22.9 Å². The van der Waals surface area contributed by atoms with Crippen molar-refractivity contribution in [1.82, 2.24) is 9.88 Å². The van der Waals surface area contributed by atoms with E-state index in [0.717, 1.165) is 12.0 Å². The molecule has 3 nitrogen and oxygen atoms in total. The molecule has 0 aliphatic heterocycles. The van der Waals surface area contributed by atoms with Gasteiger partial charge in [-0.15, -0.1) is 0 Å². The number of halogens is 1. The van der Waals surface area contributed by atoms with E-state index in [4.69, 9.17) is 0 Å². The van der Waals surface area contributed by atoms with Crippen molar-refractivity contribution in [3.8, 4) is 0 Å². The van der Waals surface area contributed by atoms with Crippen molar-refractivity contribution in [3.05, 3.63) is 30.1 Å². The van der Waals surface area contributed by atoms with Crippen LogP contribution in [0.2, 0.25) is 0 Å². The minimum atomic E-state index is -0.0956. The van der Waals surface area contributed by atoms with Crippen LogP contribution >= 0.6 is 15.9 Å². The zero-order valence-corrected chi connectivity index (χ0v) is 11.4. The first-order chi connectivity index (χ1) is 7.57. The number of alkyl halides is 1. The SMILES string of the molecule is CCC(Br)C(=O)N(C)C(C)c1ccncc1. The Labute approximate surface area is 105 Å². The highest BCUT2D eigenvalue weighted by Crippen LogP contribution is 2.20. The fraction of sp³-hybridized carbons (Fsp3) is 0.500. The van der Waals surface area contributed by atoms with E-state index in [-0.39, 0.29) is 16.8 Å². The lowest BCUT2D eigenvalue weighted by molar-refractivity contribution is -0.131. The van der Waals surface area contributed by atoms with Gasteiger partial charge in [0, 0.05) is 19.4 Å². The summed E-state index contributed by atoms with van der Waals surface area (Å²) in [6.45, 7) is 4.00. The number of nitrogens with zero attached hydrogens (tertiary/aromatic N) is 2.